The first-order valence-electron chi connectivity index (χ1n) is 7.56. The molecule has 110 valence electrons. The SMILES string of the molecule is Cc1cc(F)cc(C)c1C(Br)C1CCCc2ccccc21. The van der Waals surface area contributed by atoms with Crippen LogP contribution in [0.5, 0.6) is 0 Å². The van der Waals surface area contributed by atoms with E-state index in [4.69, 9.17) is 0 Å². The third kappa shape index (κ3) is 2.78. The molecule has 3 rings (SSSR count). The Morgan fingerprint density at radius 2 is 1.81 bits per heavy atom. The van der Waals surface area contributed by atoms with Gasteiger partial charge < -0.3 is 0 Å². The van der Waals surface area contributed by atoms with Crippen molar-refractivity contribution in [1.29, 1.82) is 0 Å². The smallest absolute Gasteiger partial charge is 0.123 e. The van der Waals surface area contributed by atoms with E-state index in [2.05, 4.69) is 40.2 Å². The molecule has 0 heterocycles. The Balaban J connectivity index is 2.03. The molecule has 2 atom stereocenters. The van der Waals surface area contributed by atoms with Gasteiger partial charge in [-0.2, -0.15) is 0 Å². The molecule has 2 heteroatoms. The van der Waals surface area contributed by atoms with Crippen LogP contribution in [0.2, 0.25) is 0 Å². The molecular formula is C19H20BrF. The molecule has 0 radical (unpaired) electrons. The van der Waals surface area contributed by atoms with Crippen LogP contribution in [0, 0.1) is 19.7 Å². The van der Waals surface area contributed by atoms with Crippen LogP contribution in [0.1, 0.15) is 51.4 Å². The minimum atomic E-state index is -0.141. The Morgan fingerprint density at radius 1 is 1.14 bits per heavy atom. The number of rotatable bonds is 2. The third-order valence-corrected chi connectivity index (χ3v) is 5.70. The van der Waals surface area contributed by atoms with Gasteiger partial charge in [0.2, 0.25) is 0 Å². The summed E-state index contributed by atoms with van der Waals surface area (Å²) >= 11 is 3.92. The van der Waals surface area contributed by atoms with Crippen LogP contribution in [0.15, 0.2) is 36.4 Å². The highest BCUT2D eigenvalue weighted by Crippen LogP contribution is 2.46. The summed E-state index contributed by atoms with van der Waals surface area (Å²) in [6, 6.07) is 12.0. The van der Waals surface area contributed by atoms with Gasteiger partial charge in [0.05, 0.1) is 0 Å². The Labute approximate surface area is 134 Å². The standard InChI is InChI=1S/C19H20BrF/c1-12-10-15(21)11-13(2)18(12)19(20)17-9-5-7-14-6-3-4-8-16(14)17/h3-4,6,8,10-11,17,19H,5,7,9H2,1-2H3. The molecule has 0 saturated heterocycles. The Bertz CT molecular complexity index is 639. The van der Waals surface area contributed by atoms with Crippen molar-refractivity contribution in [1.82, 2.24) is 0 Å². The van der Waals surface area contributed by atoms with E-state index in [9.17, 15) is 4.39 Å². The largest absolute Gasteiger partial charge is 0.207 e. The van der Waals surface area contributed by atoms with Gasteiger partial charge in [-0.25, -0.2) is 4.39 Å². The molecule has 0 aliphatic heterocycles. The molecule has 2 aromatic carbocycles. The number of alkyl halides is 1. The van der Waals surface area contributed by atoms with E-state index in [0.717, 1.165) is 11.1 Å². The summed E-state index contributed by atoms with van der Waals surface area (Å²) in [4.78, 5) is 0.250. The van der Waals surface area contributed by atoms with Crippen LogP contribution in [0.4, 0.5) is 4.39 Å². The van der Waals surface area contributed by atoms with E-state index in [1.165, 1.54) is 36.0 Å². The Kier molecular flexibility index (Phi) is 4.17. The lowest BCUT2D eigenvalue weighted by atomic mass is 9.78. The minimum absolute atomic E-state index is 0.141. The lowest BCUT2D eigenvalue weighted by Crippen LogP contribution is -2.15. The second-order valence-corrected chi connectivity index (χ2v) is 7.04. The molecular weight excluding hydrogens is 327 g/mol. The molecule has 1 aliphatic carbocycles. The lowest BCUT2D eigenvalue weighted by Gasteiger charge is -2.31. The fraction of sp³-hybridized carbons (Fsp3) is 0.368. The molecule has 0 N–H and O–H groups in total. The van der Waals surface area contributed by atoms with Crippen LogP contribution in [-0.2, 0) is 6.42 Å². The van der Waals surface area contributed by atoms with Crippen molar-refractivity contribution in [2.45, 2.75) is 43.9 Å². The molecule has 2 aromatic rings. The maximum absolute atomic E-state index is 13.5. The predicted octanol–water partition coefficient (Wildman–Crippen LogP) is 6.00. The number of aryl methyl sites for hydroxylation is 3. The van der Waals surface area contributed by atoms with Crippen molar-refractivity contribution in [3.8, 4) is 0 Å². The van der Waals surface area contributed by atoms with Crippen molar-refractivity contribution in [2.75, 3.05) is 0 Å². The average molecular weight is 347 g/mol. The number of fused-ring (bicyclic) bond motifs is 1. The summed E-state index contributed by atoms with van der Waals surface area (Å²) in [5.41, 5.74) is 6.25. The predicted molar refractivity (Wildman–Crippen MR) is 89.7 cm³/mol. The first kappa shape index (κ1) is 14.8. The van der Waals surface area contributed by atoms with E-state index < -0.39 is 0 Å². The topological polar surface area (TPSA) is 0 Å². The zero-order valence-corrected chi connectivity index (χ0v) is 14.1. The van der Waals surface area contributed by atoms with Crippen molar-refractivity contribution in [3.63, 3.8) is 0 Å². The second-order valence-electron chi connectivity index (χ2n) is 6.05. The maximum atomic E-state index is 13.5. The first-order valence-corrected chi connectivity index (χ1v) is 8.48. The van der Waals surface area contributed by atoms with Crippen LogP contribution in [-0.4, -0.2) is 0 Å². The normalized spacial score (nSPS) is 19.1. The minimum Gasteiger partial charge on any atom is -0.207 e. The molecule has 0 spiro atoms. The van der Waals surface area contributed by atoms with Gasteiger partial charge in [-0.3, -0.25) is 0 Å². The number of benzene rings is 2. The third-order valence-electron chi connectivity index (χ3n) is 4.60. The van der Waals surface area contributed by atoms with E-state index in [1.807, 2.05) is 13.8 Å². The van der Waals surface area contributed by atoms with Gasteiger partial charge >= 0.3 is 0 Å². The molecule has 0 aromatic heterocycles. The first-order chi connectivity index (χ1) is 10.1. The number of halogens is 2. The maximum Gasteiger partial charge on any atom is 0.123 e. The van der Waals surface area contributed by atoms with Gasteiger partial charge in [-0.1, -0.05) is 40.2 Å². The van der Waals surface area contributed by atoms with Crippen molar-refractivity contribution in [3.05, 3.63) is 70.0 Å². The molecule has 21 heavy (non-hydrogen) atoms. The molecule has 2 unspecified atom stereocenters. The quantitative estimate of drug-likeness (QED) is 0.585. The molecule has 0 fully saturated rings. The summed E-state index contributed by atoms with van der Waals surface area (Å²) in [6.45, 7) is 4.02. The highest BCUT2D eigenvalue weighted by Gasteiger charge is 2.29. The zero-order valence-electron chi connectivity index (χ0n) is 12.5. The van der Waals surface area contributed by atoms with Crippen LogP contribution >= 0.6 is 15.9 Å². The van der Waals surface area contributed by atoms with Gasteiger partial charge in [-0.05, 0) is 73.1 Å². The monoisotopic (exact) mass is 346 g/mol. The number of hydrogen-bond donors (Lipinski definition) is 0. The van der Waals surface area contributed by atoms with Crippen LogP contribution < -0.4 is 0 Å². The van der Waals surface area contributed by atoms with Gasteiger partial charge in [0.1, 0.15) is 5.82 Å². The molecule has 0 nitrogen and oxygen atoms in total. The highest BCUT2D eigenvalue weighted by atomic mass is 79.9. The van der Waals surface area contributed by atoms with Crippen molar-refractivity contribution < 1.29 is 4.39 Å². The van der Waals surface area contributed by atoms with Gasteiger partial charge in [0.15, 0.2) is 0 Å². The fourth-order valence-corrected chi connectivity index (χ4v) is 4.92. The van der Waals surface area contributed by atoms with Crippen LogP contribution in [0.25, 0.3) is 0 Å². The second kappa shape index (κ2) is 5.92. The summed E-state index contributed by atoms with van der Waals surface area (Å²) in [5.74, 6) is 0.329. The zero-order chi connectivity index (χ0) is 15.0. The van der Waals surface area contributed by atoms with E-state index in [0.29, 0.717) is 5.92 Å². The summed E-state index contributed by atoms with van der Waals surface area (Å²) < 4.78 is 13.5. The van der Waals surface area contributed by atoms with Crippen molar-refractivity contribution in [2.24, 2.45) is 0 Å². The average Bonchev–Trinajstić information content (AvgIpc) is 2.45. The van der Waals surface area contributed by atoms with E-state index in [-0.39, 0.29) is 10.6 Å². The van der Waals surface area contributed by atoms with Crippen molar-refractivity contribution >= 4 is 15.9 Å². The van der Waals surface area contributed by atoms with Gasteiger partial charge in [-0.15, -0.1) is 0 Å². The van der Waals surface area contributed by atoms with Gasteiger partial charge in [0.25, 0.3) is 0 Å². The lowest BCUT2D eigenvalue weighted by molar-refractivity contribution is 0.544. The summed E-state index contributed by atoms with van der Waals surface area (Å²) in [7, 11) is 0. The Hall–Kier alpha value is -1.15. The van der Waals surface area contributed by atoms with E-state index in [1.54, 1.807) is 12.1 Å². The molecule has 0 bridgehead atoms. The molecule has 1 aliphatic rings. The van der Waals surface area contributed by atoms with Gasteiger partial charge in [0, 0.05) is 10.7 Å². The molecule has 0 saturated carbocycles. The number of hydrogen-bond acceptors (Lipinski definition) is 0. The summed E-state index contributed by atoms with van der Waals surface area (Å²) in [5, 5.41) is 0. The fourth-order valence-electron chi connectivity index (χ4n) is 3.65. The summed E-state index contributed by atoms with van der Waals surface area (Å²) in [6.07, 6.45) is 3.58. The van der Waals surface area contributed by atoms with Crippen LogP contribution in [0.3, 0.4) is 0 Å². The molecule has 0 amide bonds. The van der Waals surface area contributed by atoms with E-state index >= 15 is 0 Å². The Morgan fingerprint density at radius 3 is 2.52 bits per heavy atom. The highest BCUT2D eigenvalue weighted by molar-refractivity contribution is 9.09.